The van der Waals surface area contributed by atoms with Crippen molar-refractivity contribution in [1.82, 2.24) is 0 Å². The lowest BCUT2D eigenvalue weighted by atomic mass is 9.82. The molecule has 0 atom stereocenters. The average molecular weight is 215 g/mol. The van der Waals surface area contributed by atoms with Crippen molar-refractivity contribution in [3.8, 4) is 0 Å². The number of rotatable bonds is 7. The number of benzene rings is 1. The predicted octanol–water partition coefficient (Wildman–Crippen LogP) is 3.77. The zero-order chi connectivity index (χ0) is 11.9. The highest BCUT2D eigenvalue weighted by Crippen LogP contribution is 2.28. The third-order valence-corrected chi connectivity index (χ3v) is 2.94. The highest BCUT2D eigenvalue weighted by molar-refractivity contribution is 5.24. The van der Waals surface area contributed by atoms with E-state index >= 15 is 0 Å². The Labute approximate surface area is 98.7 Å². The lowest BCUT2D eigenvalue weighted by Gasteiger charge is -2.29. The minimum Gasteiger partial charge on any atom is -0.321 e. The molecule has 0 radical (unpaired) electrons. The second kappa shape index (κ2) is 6.29. The fourth-order valence-electron chi connectivity index (χ4n) is 1.90. The van der Waals surface area contributed by atoms with Gasteiger partial charge in [0.1, 0.15) is 0 Å². The van der Waals surface area contributed by atoms with E-state index in [0.29, 0.717) is 0 Å². The summed E-state index contributed by atoms with van der Waals surface area (Å²) in [6.07, 6.45) is 7.63. The summed E-state index contributed by atoms with van der Waals surface area (Å²) in [6.45, 7) is 7.52. The smallest absolute Gasteiger partial charge is 0.0415 e. The van der Waals surface area contributed by atoms with Crippen molar-refractivity contribution < 1.29 is 0 Å². The zero-order valence-electron chi connectivity index (χ0n) is 9.86. The topological polar surface area (TPSA) is 26.0 Å². The van der Waals surface area contributed by atoms with Gasteiger partial charge in [0.15, 0.2) is 0 Å². The summed E-state index contributed by atoms with van der Waals surface area (Å²) in [7, 11) is 0. The molecule has 1 aromatic carbocycles. The van der Waals surface area contributed by atoms with Crippen molar-refractivity contribution in [3.05, 3.63) is 61.2 Å². The fourth-order valence-corrected chi connectivity index (χ4v) is 1.90. The van der Waals surface area contributed by atoms with E-state index in [1.165, 1.54) is 5.56 Å². The summed E-state index contributed by atoms with van der Waals surface area (Å²) in [6, 6.07) is 10.3. The maximum absolute atomic E-state index is 6.50. The van der Waals surface area contributed by atoms with Crippen LogP contribution in [0.2, 0.25) is 0 Å². The summed E-state index contributed by atoms with van der Waals surface area (Å²) >= 11 is 0. The highest BCUT2D eigenvalue weighted by atomic mass is 14.7. The van der Waals surface area contributed by atoms with Gasteiger partial charge in [-0.05, 0) is 31.2 Å². The number of hydrogen-bond acceptors (Lipinski definition) is 1. The quantitative estimate of drug-likeness (QED) is 0.688. The van der Waals surface area contributed by atoms with E-state index in [-0.39, 0.29) is 5.54 Å². The maximum Gasteiger partial charge on any atom is 0.0415 e. The van der Waals surface area contributed by atoms with Crippen LogP contribution < -0.4 is 5.73 Å². The van der Waals surface area contributed by atoms with E-state index in [2.05, 4.69) is 25.3 Å². The molecule has 0 bridgehead atoms. The van der Waals surface area contributed by atoms with Gasteiger partial charge in [-0.1, -0.05) is 42.5 Å². The van der Waals surface area contributed by atoms with E-state index in [1.807, 2.05) is 30.4 Å². The molecule has 0 saturated carbocycles. The Morgan fingerprint density at radius 1 is 1.00 bits per heavy atom. The summed E-state index contributed by atoms with van der Waals surface area (Å²) in [4.78, 5) is 0. The molecule has 0 saturated heterocycles. The Bertz CT molecular complexity index is 315. The van der Waals surface area contributed by atoms with Gasteiger partial charge in [0.05, 0.1) is 0 Å². The molecule has 0 aromatic heterocycles. The summed E-state index contributed by atoms with van der Waals surface area (Å²) in [5.74, 6) is 0. The van der Waals surface area contributed by atoms with Crippen LogP contribution in [0.4, 0.5) is 0 Å². The molecule has 0 heterocycles. The second-order valence-electron chi connectivity index (χ2n) is 4.18. The molecule has 0 spiro atoms. The minimum absolute atomic E-state index is 0.246. The van der Waals surface area contributed by atoms with E-state index in [9.17, 15) is 0 Å². The molecular weight excluding hydrogens is 194 g/mol. The molecule has 0 aliphatic rings. The summed E-state index contributed by atoms with van der Waals surface area (Å²) in [5.41, 5.74) is 7.46. The van der Waals surface area contributed by atoms with Crippen LogP contribution in [0.1, 0.15) is 31.2 Å². The van der Waals surface area contributed by atoms with Crippen molar-refractivity contribution in [2.24, 2.45) is 5.73 Å². The van der Waals surface area contributed by atoms with Gasteiger partial charge < -0.3 is 5.73 Å². The molecule has 86 valence electrons. The van der Waals surface area contributed by atoms with Gasteiger partial charge in [-0.15, -0.1) is 13.2 Å². The first kappa shape index (κ1) is 12.7. The van der Waals surface area contributed by atoms with Gasteiger partial charge in [-0.2, -0.15) is 0 Å². The molecule has 1 aromatic rings. The monoisotopic (exact) mass is 215 g/mol. The van der Waals surface area contributed by atoms with Crippen molar-refractivity contribution in [3.63, 3.8) is 0 Å². The number of hydrogen-bond donors (Lipinski definition) is 1. The normalized spacial score (nSPS) is 11.1. The third-order valence-electron chi connectivity index (χ3n) is 2.94. The first-order valence-corrected chi connectivity index (χ1v) is 5.79. The molecule has 0 unspecified atom stereocenters. The third kappa shape index (κ3) is 3.35. The van der Waals surface area contributed by atoms with E-state index in [1.54, 1.807) is 0 Å². The predicted molar refractivity (Wildman–Crippen MR) is 71.2 cm³/mol. The van der Waals surface area contributed by atoms with Gasteiger partial charge in [0.25, 0.3) is 0 Å². The minimum atomic E-state index is -0.246. The van der Waals surface area contributed by atoms with Gasteiger partial charge in [-0.3, -0.25) is 0 Å². The second-order valence-corrected chi connectivity index (χ2v) is 4.18. The molecule has 1 nitrogen and oxygen atoms in total. The van der Waals surface area contributed by atoms with Crippen molar-refractivity contribution in [2.45, 2.75) is 31.2 Å². The SMILES string of the molecule is C=CCCC(N)(CCC=C)c1ccccc1. The lowest BCUT2D eigenvalue weighted by Crippen LogP contribution is -2.36. The van der Waals surface area contributed by atoms with E-state index in [4.69, 9.17) is 5.73 Å². The van der Waals surface area contributed by atoms with Crippen LogP contribution >= 0.6 is 0 Å². The Kier molecular flexibility index (Phi) is 5.00. The van der Waals surface area contributed by atoms with Crippen molar-refractivity contribution >= 4 is 0 Å². The van der Waals surface area contributed by atoms with Crippen LogP contribution in [-0.4, -0.2) is 0 Å². The molecular formula is C15H21N. The van der Waals surface area contributed by atoms with E-state index < -0.39 is 0 Å². The van der Waals surface area contributed by atoms with Crippen molar-refractivity contribution in [2.75, 3.05) is 0 Å². The van der Waals surface area contributed by atoms with Crippen LogP contribution in [0.5, 0.6) is 0 Å². The molecule has 16 heavy (non-hydrogen) atoms. The van der Waals surface area contributed by atoms with Gasteiger partial charge in [0.2, 0.25) is 0 Å². The van der Waals surface area contributed by atoms with Gasteiger partial charge >= 0.3 is 0 Å². The van der Waals surface area contributed by atoms with Crippen LogP contribution in [0.25, 0.3) is 0 Å². The van der Waals surface area contributed by atoms with Crippen LogP contribution in [0.3, 0.4) is 0 Å². The Balaban J connectivity index is 2.84. The first-order chi connectivity index (χ1) is 7.73. The highest BCUT2D eigenvalue weighted by Gasteiger charge is 2.25. The average Bonchev–Trinajstić information content (AvgIpc) is 2.35. The van der Waals surface area contributed by atoms with Crippen molar-refractivity contribution in [1.29, 1.82) is 0 Å². The molecule has 0 aliphatic carbocycles. The van der Waals surface area contributed by atoms with E-state index in [0.717, 1.165) is 25.7 Å². The molecule has 0 amide bonds. The van der Waals surface area contributed by atoms with Gasteiger partial charge in [0, 0.05) is 5.54 Å². The molecule has 0 aliphatic heterocycles. The number of allylic oxidation sites excluding steroid dienone is 2. The lowest BCUT2D eigenvalue weighted by molar-refractivity contribution is 0.384. The van der Waals surface area contributed by atoms with Crippen LogP contribution in [-0.2, 0) is 5.54 Å². The summed E-state index contributed by atoms with van der Waals surface area (Å²) in [5, 5.41) is 0. The Morgan fingerprint density at radius 2 is 1.50 bits per heavy atom. The summed E-state index contributed by atoms with van der Waals surface area (Å²) < 4.78 is 0. The zero-order valence-corrected chi connectivity index (χ0v) is 9.86. The van der Waals surface area contributed by atoms with Crippen LogP contribution in [0.15, 0.2) is 55.6 Å². The number of nitrogens with two attached hydrogens (primary N) is 1. The standard InChI is InChI=1S/C15H21N/c1-3-5-12-15(16,13-6-4-2)14-10-8-7-9-11-14/h3-4,7-11H,1-2,5-6,12-13,16H2. The van der Waals surface area contributed by atoms with Crippen LogP contribution in [0, 0.1) is 0 Å². The maximum atomic E-state index is 6.50. The first-order valence-electron chi connectivity index (χ1n) is 5.79. The molecule has 0 fully saturated rings. The van der Waals surface area contributed by atoms with Gasteiger partial charge in [-0.25, -0.2) is 0 Å². The molecule has 2 N–H and O–H groups in total. The Hall–Kier alpha value is -1.34. The molecule has 1 heteroatoms. The Morgan fingerprint density at radius 3 is 1.94 bits per heavy atom. The fraction of sp³-hybridized carbons (Fsp3) is 0.333. The largest absolute Gasteiger partial charge is 0.321 e. The molecule has 1 rings (SSSR count).